The Morgan fingerprint density at radius 1 is 1.35 bits per heavy atom. The normalized spacial score (nSPS) is 21.8. The van der Waals surface area contributed by atoms with E-state index in [2.05, 4.69) is 18.7 Å². The van der Waals surface area contributed by atoms with Crippen molar-refractivity contribution in [2.45, 2.75) is 19.9 Å². The second kappa shape index (κ2) is 7.63. The first-order chi connectivity index (χ1) is 8.19. The van der Waals surface area contributed by atoms with Crippen LogP contribution in [0.3, 0.4) is 0 Å². The molecule has 5 heteroatoms. The van der Waals surface area contributed by atoms with E-state index in [4.69, 9.17) is 9.47 Å². The molecule has 1 fully saturated rings. The van der Waals surface area contributed by atoms with Crippen LogP contribution in [0.5, 0.6) is 0 Å². The number of ether oxygens (including phenoxy) is 2. The minimum atomic E-state index is 0.0868. The summed E-state index contributed by atoms with van der Waals surface area (Å²) in [4.78, 5) is 16.1. The largest absolute Gasteiger partial charge is 0.382 e. The Labute approximate surface area is 104 Å². The van der Waals surface area contributed by atoms with Crippen LogP contribution in [0.1, 0.15) is 13.8 Å². The van der Waals surface area contributed by atoms with Gasteiger partial charge in [0.05, 0.1) is 13.2 Å². The number of carbonyl (C=O) groups is 1. The van der Waals surface area contributed by atoms with Crippen molar-refractivity contribution >= 4 is 5.91 Å². The number of likely N-dealkylation sites (N-methyl/N-ethyl adjacent to an activating group) is 1. The van der Waals surface area contributed by atoms with Gasteiger partial charge in [0.15, 0.2) is 0 Å². The summed E-state index contributed by atoms with van der Waals surface area (Å²) < 4.78 is 10.1. The van der Waals surface area contributed by atoms with Crippen LogP contribution >= 0.6 is 0 Å². The third-order valence-electron chi connectivity index (χ3n) is 3.18. The van der Waals surface area contributed by atoms with Crippen LogP contribution in [0.25, 0.3) is 0 Å². The fourth-order valence-corrected chi connectivity index (χ4v) is 2.08. The highest BCUT2D eigenvalue weighted by molar-refractivity contribution is 5.77. The van der Waals surface area contributed by atoms with Gasteiger partial charge in [-0.15, -0.1) is 0 Å². The van der Waals surface area contributed by atoms with E-state index >= 15 is 0 Å². The van der Waals surface area contributed by atoms with Crippen molar-refractivity contribution in [3.8, 4) is 0 Å². The van der Waals surface area contributed by atoms with Crippen LogP contribution in [-0.2, 0) is 14.3 Å². The Morgan fingerprint density at radius 3 is 2.71 bits per heavy atom. The van der Waals surface area contributed by atoms with Crippen LogP contribution in [0.2, 0.25) is 0 Å². The summed E-state index contributed by atoms with van der Waals surface area (Å²) >= 11 is 0. The molecule has 1 unspecified atom stereocenters. The fraction of sp³-hybridized carbons (Fsp3) is 0.917. The number of methoxy groups -OCH3 is 1. The summed E-state index contributed by atoms with van der Waals surface area (Å²) in [5.41, 5.74) is 0. The molecule has 1 rings (SSSR count). The molecule has 0 aromatic carbocycles. The zero-order valence-electron chi connectivity index (χ0n) is 11.1. The maximum Gasteiger partial charge on any atom is 0.248 e. The molecule has 1 heterocycles. The minimum Gasteiger partial charge on any atom is -0.382 e. The van der Waals surface area contributed by atoms with E-state index in [0.717, 1.165) is 26.2 Å². The molecule has 0 aromatic rings. The zero-order valence-corrected chi connectivity index (χ0v) is 11.1. The number of nitrogens with zero attached hydrogens (tertiary/aromatic N) is 2. The highest BCUT2D eigenvalue weighted by atomic mass is 16.5. The van der Waals surface area contributed by atoms with Gasteiger partial charge in [0.2, 0.25) is 5.91 Å². The maximum atomic E-state index is 11.8. The topological polar surface area (TPSA) is 42.0 Å². The van der Waals surface area contributed by atoms with Crippen molar-refractivity contribution in [2.24, 2.45) is 0 Å². The van der Waals surface area contributed by atoms with E-state index in [0.29, 0.717) is 19.3 Å². The highest BCUT2D eigenvalue weighted by Crippen LogP contribution is 2.08. The maximum absolute atomic E-state index is 11.8. The molecular formula is C12H24N2O3. The first-order valence-electron chi connectivity index (χ1n) is 6.27. The SMILES string of the molecule is CCN1CCN(C(=O)COCCOC)CC1C. The molecule has 0 radical (unpaired) electrons. The minimum absolute atomic E-state index is 0.0868. The average molecular weight is 244 g/mol. The predicted octanol–water partition coefficient (Wildman–Crippen LogP) is 0.202. The molecule has 0 saturated carbocycles. The molecule has 0 aliphatic carbocycles. The molecule has 0 aromatic heterocycles. The monoisotopic (exact) mass is 244 g/mol. The molecule has 0 bridgehead atoms. The fourth-order valence-electron chi connectivity index (χ4n) is 2.08. The van der Waals surface area contributed by atoms with Gasteiger partial charge in [-0.2, -0.15) is 0 Å². The Kier molecular flexibility index (Phi) is 6.47. The molecule has 17 heavy (non-hydrogen) atoms. The lowest BCUT2D eigenvalue weighted by molar-refractivity contribution is -0.139. The van der Waals surface area contributed by atoms with Crippen LogP contribution in [0.4, 0.5) is 0 Å². The van der Waals surface area contributed by atoms with Crippen molar-refractivity contribution < 1.29 is 14.3 Å². The zero-order chi connectivity index (χ0) is 12.7. The smallest absolute Gasteiger partial charge is 0.248 e. The quantitative estimate of drug-likeness (QED) is 0.626. The number of amides is 1. The summed E-state index contributed by atoms with van der Waals surface area (Å²) in [7, 11) is 1.62. The van der Waals surface area contributed by atoms with Gasteiger partial charge >= 0.3 is 0 Å². The third kappa shape index (κ3) is 4.61. The van der Waals surface area contributed by atoms with Gasteiger partial charge in [-0.25, -0.2) is 0 Å². The van der Waals surface area contributed by atoms with E-state index in [1.54, 1.807) is 7.11 Å². The van der Waals surface area contributed by atoms with Crippen molar-refractivity contribution in [3.05, 3.63) is 0 Å². The summed E-state index contributed by atoms with van der Waals surface area (Å²) in [6.45, 7) is 9.12. The van der Waals surface area contributed by atoms with E-state index in [1.807, 2.05) is 4.90 Å². The first kappa shape index (κ1) is 14.4. The van der Waals surface area contributed by atoms with Gasteiger partial charge in [-0.1, -0.05) is 6.92 Å². The predicted molar refractivity (Wildman–Crippen MR) is 66.0 cm³/mol. The Balaban J connectivity index is 2.24. The van der Waals surface area contributed by atoms with Crippen molar-refractivity contribution in [3.63, 3.8) is 0 Å². The van der Waals surface area contributed by atoms with E-state index < -0.39 is 0 Å². The second-order valence-electron chi connectivity index (χ2n) is 4.36. The van der Waals surface area contributed by atoms with Crippen LogP contribution in [0, 0.1) is 0 Å². The molecule has 1 saturated heterocycles. The molecule has 1 aliphatic rings. The lowest BCUT2D eigenvalue weighted by Crippen LogP contribution is -2.54. The lowest BCUT2D eigenvalue weighted by atomic mass is 10.2. The summed E-state index contributed by atoms with van der Waals surface area (Å²) in [6.07, 6.45) is 0. The standard InChI is InChI=1S/C12H24N2O3/c1-4-13-5-6-14(9-11(13)2)12(15)10-17-8-7-16-3/h11H,4-10H2,1-3H3. The summed E-state index contributed by atoms with van der Waals surface area (Å²) in [5, 5.41) is 0. The molecule has 0 spiro atoms. The Bertz CT molecular complexity index is 236. The first-order valence-corrected chi connectivity index (χ1v) is 6.27. The average Bonchev–Trinajstić information content (AvgIpc) is 2.34. The molecule has 5 nitrogen and oxygen atoms in total. The van der Waals surface area contributed by atoms with Crippen LogP contribution < -0.4 is 0 Å². The number of hydrogen-bond acceptors (Lipinski definition) is 4. The number of carbonyl (C=O) groups excluding carboxylic acids is 1. The van der Waals surface area contributed by atoms with Gasteiger partial charge in [0.25, 0.3) is 0 Å². The van der Waals surface area contributed by atoms with Gasteiger partial charge in [-0.05, 0) is 13.5 Å². The summed E-state index contributed by atoms with van der Waals surface area (Å²) in [6, 6.07) is 0.441. The van der Waals surface area contributed by atoms with Crippen LogP contribution in [0.15, 0.2) is 0 Å². The van der Waals surface area contributed by atoms with Crippen molar-refractivity contribution in [1.29, 1.82) is 0 Å². The van der Waals surface area contributed by atoms with Crippen LogP contribution in [-0.4, -0.2) is 74.9 Å². The molecule has 1 atom stereocenters. The number of piperazine rings is 1. The second-order valence-corrected chi connectivity index (χ2v) is 4.36. The highest BCUT2D eigenvalue weighted by Gasteiger charge is 2.25. The van der Waals surface area contributed by atoms with E-state index in [1.165, 1.54) is 0 Å². The van der Waals surface area contributed by atoms with Gasteiger partial charge in [0, 0.05) is 32.8 Å². The van der Waals surface area contributed by atoms with Gasteiger partial charge in [-0.3, -0.25) is 9.69 Å². The van der Waals surface area contributed by atoms with Gasteiger partial charge < -0.3 is 14.4 Å². The molecule has 1 amide bonds. The Morgan fingerprint density at radius 2 is 2.12 bits per heavy atom. The molecule has 1 aliphatic heterocycles. The van der Waals surface area contributed by atoms with Crippen molar-refractivity contribution in [2.75, 3.05) is 53.1 Å². The molecular weight excluding hydrogens is 220 g/mol. The van der Waals surface area contributed by atoms with Gasteiger partial charge in [0.1, 0.15) is 6.61 Å². The number of rotatable bonds is 6. The third-order valence-corrected chi connectivity index (χ3v) is 3.18. The number of hydrogen-bond donors (Lipinski definition) is 0. The lowest BCUT2D eigenvalue weighted by Gasteiger charge is -2.39. The van der Waals surface area contributed by atoms with E-state index in [9.17, 15) is 4.79 Å². The van der Waals surface area contributed by atoms with E-state index in [-0.39, 0.29) is 12.5 Å². The Hall–Kier alpha value is -0.650. The van der Waals surface area contributed by atoms with Crippen molar-refractivity contribution in [1.82, 2.24) is 9.80 Å². The molecule has 0 N–H and O–H groups in total. The summed E-state index contributed by atoms with van der Waals surface area (Å²) in [5.74, 6) is 0.0868. The molecule has 100 valence electrons.